The number of rotatable bonds is 5. The van der Waals surface area contributed by atoms with E-state index >= 15 is 0 Å². The minimum Gasteiger partial charge on any atom is -0.479 e. The summed E-state index contributed by atoms with van der Waals surface area (Å²) < 4.78 is 10.2. The highest BCUT2D eigenvalue weighted by molar-refractivity contribution is 9.08. The monoisotopic (exact) mass is 286 g/mol. The molecule has 0 aliphatic rings. The Kier molecular flexibility index (Phi) is 5.32. The Morgan fingerprint density at radius 2 is 2.25 bits per heavy atom. The number of alkyl halides is 1. The van der Waals surface area contributed by atoms with E-state index in [0.717, 1.165) is 10.9 Å². The molecule has 0 fully saturated rings. The van der Waals surface area contributed by atoms with Crippen LogP contribution in [0.5, 0.6) is 5.75 Å². The zero-order valence-corrected chi connectivity index (χ0v) is 11.0. The van der Waals surface area contributed by atoms with Gasteiger partial charge in [-0.25, -0.2) is 4.79 Å². The first-order chi connectivity index (χ1) is 7.71. The number of ether oxygens (including phenoxy) is 2. The van der Waals surface area contributed by atoms with Crippen molar-refractivity contribution in [1.29, 1.82) is 0 Å². The standard InChI is InChI=1S/C12H15BrO3/c1-3-11(12(14)15-2)16-10-6-4-5-9(7-10)8-13/h4-7,11H,3,8H2,1-2H3/t11-/m1/s1. The molecule has 3 nitrogen and oxygen atoms in total. The Hall–Kier alpha value is -1.03. The summed E-state index contributed by atoms with van der Waals surface area (Å²) in [4.78, 5) is 11.3. The SMILES string of the molecule is CC[C@@H](Oc1cccc(CBr)c1)C(=O)OC. The summed E-state index contributed by atoms with van der Waals surface area (Å²) in [5, 5.41) is 0.763. The van der Waals surface area contributed by atoms with Gasteiger partial charge in [-0.3, -0.25) is 0 Å². The topological polar surface area (TPSA) is 35.5 Å². The Balaban J connectivity index is 2.73. The lowest BCUT2D eigenvalue weighted by Crippen LogP contribution is -2.27. The fraction of sp³-hybridized carbons (Fsp3) is 0.417. The average Bonchev–Trinajstić information content (AvgIpc) is 2.35. The molecule has 16 heavy (non-hydrogen) atoms. The van der Waals surface area contributed by atoms with Crippen LogP contribution in [0.1, 0.15) is 18.9 Å². The second-order valence-electron chi connectivity index (χ2n) is 3.32. The van der Waals surface area contributed by atoms with Gasteiger partial charge < -0.3 is 9.47 Å². The molecule has 4 heteroatoms. The van der Waals surface area contributed by atoms with Gasteiger partial charge in [-0.1, -0.05) is 35.0 Å². The molecular weight excluding hydrogens is 272 g/mol. The number of esters is 1. The second-order valence-corrected chi connectivity index (χ2v) is 3.88. The first-order valence-corrected chi connectivity index (χ1v) is 6.22. The number of carbonyl (C=O) groups is 1. The average molecular weight is 287 g/mol. The molecule has 0 aliphatic carbocycles. The predicted molar refractivity (Wildman–Crippen MR) is 65.8 cm³/mol. The lowest BCUT2D eigenvalue weighted by molar-refractivity contribution is -0.148. The minimum absolute atomic E-state index is 0.341. The van der Waals surface area contributed by atoms with Crippen molar-refractivity contribution in [3.63, 3.8) is 0 Å². The summed E-state index contributed by atoms with van der Waals surface area (Å²) in [5.74, 6) is 0.348. The van der Waals surface area contributed by atoms with Crippen LogP contribution in [0.3, 0.4) is 0 Å². The van der Waals surface area contributed by atoms with E-state index in [4.69, 9.17) is 4.74 Å². The van der Waals surface area contributed by atoms with Crippen molar-refractivity contribution in [2.24, 2.45) is 0 Å². The summed E-state index contributed by atoms with van der Waals surface area (Å²) in [5.41, 5.74) is 1.11. The van der Waals surface area contributed by atoms with E-state index in [9.17, 15) is 4.79 Å². The molecule has 0 N–H and O–H groups in total. The lowest BCUT2D eigenvalue weighted by Gasteiger charge is -2.15. The summed E-state index contributed by atoms with van der Waals surface area (Å²) in [6.45, 7) is 1.88. The van der Waals surface area contributed by atoms with Gasteiger partial charge in [-0.05, 0) is 24.1 Å². The van der Waals surface area contributed by atoms with Gasteiger partial charge in [-0.15, -0.1) is 0 Å². The van der Waals surface area contributed by atoms with Gasteiger partial charge >= 0.3 is 5.97 Å². The van der Waals surface area contributed by atoms with Crippen molar-refractivity contribution in [2.45, 2.75) is 24.8 Å². The van der Waals surface area contributed by atoms with E-state index in [-0.39, 0.29) is 5.97 Å². The molecule has 0 bridgehead atoms. The molecule has 1 aromatic carbocycles. The maximum atomic E-state index is 11.3. The smallest absolute Gasteiger partial charge is 0.347 e. The lowest BCUT2D eigenvalue weighted by atomic mass is 10.2. The summed E-state index contributed by atoms with van der Waals surface area (Å²) >= 11 is 3.37. The third kappa shape index (κ3) is 3.52. The molecule has 0 unspecified atom stereocenters. The normalized spacial score (nSPS) is 11.9. The Labute approximate surface area is 104 Å². The Bertz CT molecular complexity index is 352. The van der Waals surface area contributed by atoms with Gasteiger partial charge in [0.2, 0.25) is 0 Å². The van der Waals surface area contributed by atoms with Crippen LogP contribution in [0.25, 0.3) is 0 Å². The largest absolute Gasteiger partial charge is 0.479 e. The van der Waals surface area contributed by atoms with Gasteiger partial charge in [0, 0.05) is 5.33 Å². The zero-order chi connectivity index (χ0) is 12.0. The number of benzene rings is 1. The first kappa shape index (κ1) is 13.0. The molecule has 0 aromatic heterocycles. The van der Waals surface area contributed by atoms with E-state index in [0.29, 0.717) is 12.2 Å². The molecule has 1 aromatic rings. The zero-order valence-electron chi connectivity index (χ0n) is 9.40. The Morgan fingerprint density at radius 1 is 1.50 bits per heavy atom. The van der Waals surface area contributed by atoms with Gasteiger partial charge in [0.1, 0.15) is 5.75 Å². The maximum Gasteiger partial charge on any atom is 0.347 e. The van der Waals surface area contributed by atoms with Crippen LogP contribution >= 0.6 is 15.9 Å². The molecule has 1 rings (SSSR count). The van der Waals surface area contributed by atoms with Gasteiger partial charge in [-0.2, -0.15) is 0 Å². The van der Waals surface area contributed by atoms with E-state index in [1.165, 1.54) is 7.11 Å². The van der Waals surface area contributed by atoms with Gasteiger partial charge in [0.15, 0.2) is 6.10 Å². The van der Waals surface area contributed by atoms with Crippen molar-refractivity contribution in [3.8, 4) is 5.75 Å². The molecular formula is C12H15BrO3. The summed E-state index contributed by atoms with van der Waals surface area (Å²) in [7, 11) is 1.36. The van der Waals surface area contributed by atoms with Crippen molar-refractivity contribution < 1.29 is 14.3 Å². The van der Waals surface area contributed by atoms with E-state index in [1.54, 1.807) is 0 Å². The number of carbonyl (C=O) groups excluding carboxylic acids is 1. The van der Waals surface area contributed by atoms with Crippen molar-refractivity contribution in [2.75, 3.05) is 7.11 Å². The van der Waals surface area contributed by atoms with Crippen LogP contribution in [-0.4, -0.2) is 19.2 Å². The highest BCUT2D eigenvalue weighted by atomic mass is 79.9. The molecule has 0 spiro atoms. The minimum atomic E-state index is -0.532. The maximum absolute atomic E-state index is 11.3. The third-order valence-electron chi connectivity index (χ3n) is 2.17. The van der Waals surface area contributed by atoms with Crippen LogP contribution in [0.2, 0.25) is 0 Å². The van der Waals surface area contributed by atoms with Crippen molar-refractivity contribution >= 4 is 21.9 Å². The van der Waals surface area contributed by atoms with Crippen molar-refractivity contribution in [3.05, 3.63) is 29.8 Å². The van der Waals surface area contributed by atoms with E-state index in [1.807, 2.05) is 31.2 Å². The molecule has 0 aliphatic heterocycles. The molecule has 1 atom stereocenters. The summed E-state index contributed by atoms with van der Waals surface area (Å²) in [6, 6.07) is 7.62. The fourth-order valence-corrected chi connectivity index (χ4v) is 1.64. The predicted octanol–water partition coefficient (Wildman–Crippen LogP) is 2.91. The van der Waals surface area contributed by atoms with Crippen LogP contribution in [0.4, 0.5) is 0 Å². The molecule has 88 valence electrons. The van der Waals surface area contributed by atoms with Crippen LogP contribution < -0.4 is 4.74 Å². The molecule has 0 saturated carbocycles. The van der Waals surface area contributed by atoms with Crippen LogP contribution in [0, 0.1) is 0 Å². The van der Waals surface area contributed by atoms with Crippen LogP contribution in [-0.2, 0) is 14.9 Å². The molecule has 0 saturated heterocycles. The quantitative estimate of drug-likeness (QED) is 0.617. The first-order valence-electron chi connectivity index (χ1n) is 5.10. The number of hydrogen-bond donors (Lipinski definition) is 0. The fourth-order valence-electron chi connectivity index (χ4n) is 1.30. The second kappa shape index (κ2) is 6.53. The van der Waals surface area contributed by atoms with E-state index in [2.05, 4.69) is 20.7 Å². The highest BCUT2D eigenvalue weighted by Gasteiger charge is 2.18. The number of hydrogen-bond acceptors (Lipinski definition) is 3. The van der Waals surface area contributed by atoms with Gasteiger partial charge in [0.05, 0.1) is 7.11 Å². The Morgan fingerprint density at radius 3 is 2.81 bits per heavy atom. The van der Waals surface area contributed by atoms with E-state index < -0.39 is 6.10 Å². The van der Waals surface area contributed by atoms with Crippen LogP contribution in [0.15, 0.2) is 24.3 Å². The number of methoxy groups -OCH3 is 1. The molecule has 0 heterocycles. The summed E-state index contributed by atoms with van der Waals surface area (Å²) in [6.07, 6.45) is 0.0566. The highest BCUT2D eigenvalue weighted by Crippen LogP contribution is 2.18. The number of halogens is 1. The molecule has 0 amide bonds. The molecule has 0 radical (unpaired) electrons. The van der Waals surface area contributed by atoms with Gasteiger partial charge in [0.25, 0.3) is 0 Å². The van der Waals surface area contributed by atoms with Crippen molar-refractivity contribution in [1.82, 2.24) is 0 Å². The third-order valence-corrected chi connectivity index (χ3v) is 2.81.